The molecule has 2 aromatic carbocycles. The van der Waals surface area contributed by atoms with E-state index >= 15 is 4.39 Å². The average Bonchev–Trinajstić information content (AvgIpc) is 2.92. The quantitative estimate of drug-likeness (QED) is 0.501. The topological polar surface area (TPSA) is 90.5 Å². The van der Waals surface area contributed by atoms with Gasteiger partial charge in [0.25, 0.3) is 0 Å². The first-order valence-electron chi connectivity index (χ1n) is 13.0. The van der Waals surface area contributed by atoms with E-state index in [0.29, 0.717) is 34.2 Å². The van der Waals surface area contributed by atoms with Crippen LogP contribution < -0.4 is 20.4 Å². The minimum absolute atomic E-state index is 0.285. The number of piperazine rings is 1. The van der Waals surface area contributed by atoms with Crippen LogP contribution in [0.15, 0.2) is 71.9 Å². The van der Waals surface area contributed by atoms with Crippen LogP contribution in [0.25, 0.3) is 6.08 Å². The lowest BCUT2D eigenvalue weighted by molar-refractivity contribution is 0.449. The van der Waals surface area contributed by atoms with Crippen molar-refractivity contribution in [2.45, 2.75) is 36.0 Å². The van der Waals surface area contributed by atoms with Gasteiger partial charge in [-0.15, -0.1) is 0 Å². The molecule has 10 heteroatoms. The molecule has 1 aromatic heterocycles. The number of nitrogens with one attached hydrogen (secondary N) is 2. The van der Waals surface area contributed by atoms with E-state index in [2.05, 4.69) is 22.2 Å². The van der Waals surface area contributed by atoms with Crippen LogP contribution in [0.5, 0.6) is 0 Å². The lowest BCUT2D eigenvalue weighted by Gasteiger charge is -2.46. The van der Waals surface area contributed by atoms with E-state index < -0.39 is 20.6 Å². The largest absolute Gasteiger partial charge is 0.367 e. The third-order valence-electron chi connectivity index (χ3n) is 7.93. The lowest BCUT2D eigenvalue weighted by atomic mass is 9.91. The summed E-state index contributed by atoms with van der Waals surface area (Å²) in [6.45, 7) is 10.9. The van der Waals surface area contributed by atoms with Crippen LogP contribution in [0, 0.1) is 5.82 Å². The highest BCUT2D eigenvalue weighted by Crippen LogP contribution is 2.44. The van der Waals surface area contributed by atoms with Gasteiger partial charge >= 0.3 is 0 Å². The van der Waals surface area contributed by atoms with Crippen molar-refractivity contribution >= 4 is 39.1 Å². The summed E-state index contributed by atoms with van der Waals surface area (Å²) in [5.74, 6) is 0.532. The fourth-order valence-corrected chi connectivity index (χ4v) is 7.50. The van der Waals surface area contributed by atoms with Gasteiger partial charge in [0.15, 0.2) is 9.84 Å². The number of aromatic nitrogens is 2. The molecule has 1 fully saturated rings. The Bertz CT molecular complexity index is 1600. The zero-order valence-electron chi connectivity index (χ0n) is 22.0. The average molecular weight is 547 g/mol. The summed E-state index contributed by atoms with van der Waals surface area (Å²) >= 11 is 0. The number of allylic oxidation sites excluding steroid dienone is 1. The highest BCUT2D eigenvalue weighted by atomic mass is 32.2. The summed E-state index contributed by atoms with van der Waals surface area (Å²) in [6, 6.07) is 11.7. The molecule has 0 amide bonds. The second-order valence-electron chi connectivity index (χ2n) is 10.6. The van der Waals surface area contributed by atoms with Crippen molar-refractivity contribution in [3.63, 3.8) is 0 Å². The Kier molecular flexibility index (Phi) is 6.19. The van der Waals surface area contributed by atoms with E-state index in [1.165, 1.54) is 6.07 Å². The molecule has 8 nitrogen and oxygen atoms in total. The van der Waals surface area contributed by atoms with Crippen molar-refractivity contribution < 1.29 is 12.8 Å². The van der Waals surface area contributed by atoms with Gasteiger partial charge in [0.2, 0.25) is 5.95 Å². The van der Waals surface area contributed by atoms with Gasteiger partial charge in [-0.2, -0.15) is 4.98 Å². The third kappa shape index (κ3) is 4.28. The van der Waals surface area contributed by atoms with Gasteiger partial charge in [-0.1, -0.05) is 24.8 Å². The standard InChI is InChI=1S/C29H31FN6O2S/c1-19-8-9-21-18-32-28(33-22-10-11-24(23(30)17-22)35-14-12-31-13-15-35)34-27(21)36(19)26-16-20-6-4-5-7-25(20)39(37,38)29(26,2)3/h4-11,17-18,26,31H,1,12-16H2,2-3H3,(H,32,33,34). The molecule has 2 N–H and O–H groups in total. The maximum Gasteiger partial charge on any atom is 0.229 e. The van der Waals surface area contributed by atoms with E-state index in [-0.39, 0.29) is 11.8 Å². The van der Waals surface area contributed by atoms with Gasteiger partial charge in [0.05, 0.1) is 21.4 Å². The number of halogens is 1. The normalized spacial score (nSPS) is 21.3. The number of hydrogen-bond donors (Lipinski definition) is 2. The number of sulfone groups is 1. The predicted molar refractivity (Wildman–Crippen MR) is 153 cm³/mol. The monoisotopic (exact) mass is 546 g/mol. The van der Waals surface area contributed by atoms with Crippen molar-refractivity contribution in [2.75, 3.05) is 41.3 Å². The summed E-state index contributed by atoms with van der Waals surface area (Å²) in [5.41, 5.74) is 3.27. The van der Waals surface area contributed by atoms with Crippen molar-refractivity contribution in [3.8, 4) is 0 Å². The second-order valence-corrected chi connectivity index (χ2v) is 13.1. The Hall–Kier alpha value is -3.76. The van der Waals surface area contributed by atoms with Crippen LogP contribution in [-0.4, -0.2) is 55.4 Å². The SMILES string of the molecule is C=C1C=Cc2cnc(Nc3ccc(N4CCNCC4)c(F)c3)nc2N1C1Cc2ccccc2S(=O)(=O)C1(C)C. The molecule has 0 saturated carbocycles. The van der Waals surface area contributed by atoms with Crippen LogP contribution in [0.2, 0.25) is 0 Å². The minimum atomic E-state index is -3.64. The predicted octanol–water partition coefficient (Wildman–Crippen LogP) is 4.29. The zero-order chi connectivity index (χ0) is 27.4. The van der Waals surface area contributed by atoms with E-state index in [1.807, 2.05) is 40.2 Å². The molecule has 0 radical (unpaired) electrons. The van der Waals surface area contributed by atoms with E-state index in [9.17, 15) is 8.42 Å². The number of anilines is 4. The van der Waals surface area contributed by atoms with Crippen LogP contribution in [0.3, 0.4) is 0 Å². The second kappa shape index (κ2) is 9.46. The van der Waals surface area contributed by atoms with E-state index in [0.717, 1.165) is 37.3 Å². The van der Waals surface area contributed by atoms with E-state index in [4.69, 9.17) is 4.98 Å². The molecule has 0 spiro atoms. The molecule has 1 saturated heterocycles. The summed E-state index contributed by atoms with van der Waals surface area (Å²) in [6.07, 6.45) is 5.93. The van der Waals surface area contributed by atoms with Crippen molar-refractivity contribution in [1.29, 1.82) is 0 Å². The number of benzene rings is 2. The number of hydrogen-bond acceptors (Lipinski definition) is 8. The molecule has 6 rings (SSSR count). The maximum atomic E-state index is 15.0. The Morgan fingerprint density at radius 3 is 2.67 bits per heavy atom. The summed E-state index contributed by atoms with van der Waals surface area (Å²) in [4.78, 5) is 13.5. The van der Waals surface area contributed by atoms with Gasteiger partial charge < -0.3 is 20.4 Å². The molecule has 1 unspecified atom stereocenters. The molecule has 1 atom stereocenters. The van der Waals surface area contributed by atoms with Gasteiger partial charge in [-0.05, 0) is 62.2 Å². The number of nitrogens with zero attached hydrogens (tertiary/aromatic N) is 4. The molecule has 0 aliphatic carbocycles. The van der Waals surface area contributed by atoms with Crippen LogP contribution in [0.1, 0.15) is 25.0 Å². The van der Waals surface area contributed by atoms with Crippen molar-refractivity contribution in [1.82, 2.24) is 15.3 Å². The molecule has 202 valence electrons. The molecule has 0 bridgehead atoms. The smallest absolute Gasteiger partial charge is 0.229 e. The summed E-state index contributed by atoms with van der Waals surface area (Å²) < 4.78 is 41.3. The van der Waals surface area contributed by atoms with Gasteiger partial charge in [0.1, 0.15) is 11.6 Å². The molecule has 3 aliphatic rings. The fourth-order valence-electron chi connectivity index (χ4n) is 5.63. The Labute approximate surface area is 228 Å². The molecular weight excluding hydrogens is 515 g/mol. The lowest BCUT2D eigenvalue weighted by Crippen LogP contribution is -2.57. The number of fused-ring (bicyclic) bond motifs is 2. The first-order valence-corrected chi connectivity index (χ1v) is 14.5. The Morgan fingerprint density at radius 1 is 1.13 bits per heavy atom. The van der Waals surface area contributed by atoms with Gasteiger partial charge in [-0.25, -0.2) is 17.8 Å². The Balaban J connectivity index is 1.34. The van der Waals surface area contributed by atoms with Gasteiger partial charge in [0, 0.05) is 49.3 Å². The van der Waals surface area contributed by atoms with Crippen LogP contribution in [-0.2, 0) is 16.3 Å². The first-order chi connectivity index (χ1) is 18.7. The highest BCUT2D eigenvalue weighted by Gasteiger charge is 2.51. The third-order valence-corrected chi connectivity index (χ3v) is 10.6. The van der Waals surface area contributed by atoms with Gasteiger partial charge in [-0.3, -0.25) is 0 Å². The van der Waals surface area contributed by atoms with E-state index in [1.54, 1.807) is 38.2 Å². The highest BCUT2D eigenvalue weighted by molar-refractivity contribution is 7.93. The first kappa shape index (κ1) is 25.5. The maximum absolute atomic E-state index is 15.0. The Morgan fingerprint density at radius 2 is 1.90 bits per heavy atom. The molecule has 3 aromatic rings. The van der Waals surface area contributed by atoms with Crippen LogP contribution in [0.4, 0.5) is 27.5 Å². The zero-order valence-corrected chi connectivity index (χ0v) is 22.8. The molecular formula is C29H31FN6O2S. The van der Waals surface area contributed by atoms with Crippen molar-refractivity contribution in [3.05, 3.63) is 84.0 Å². The minimum Gasteiger partial charge on any atom is -0.367 e. The molecule has 4 heterocycles. The van der Waals surface area contributed by atoms with Crippen LogP contribution >= 0.6 is 0 Å². The molecule has 39 heavy (non-hydrogen) atoms. The summed E-state index contributed by atoms with van der Waals surface area (Å²) in [7, 11) is -3.64. The summed E-state index contributed by atoms with van der Waals surface area (Å²) in [5, 5.41) is 6.40. The number of rotatable bonds is 4. The van der Waals surface area contributed by atoms with Crippen molar-refractivity contribution in [2.24, 2.45) is 0 Å². The fraction of sp³-hybridized carbons (Fsp3) is 0.310. The molecule has 3 aliphatic heterocycles.